The van der Waals surface area contributed by atoms with Crippen molar-refractivity contribution in [2.75, 3.05) is 32.8 Å². The van der Waals surface area contributed by atoms with Crippen molar-refractivity contribution in [1.82, 2.24) is 10.2 Å². The van der Waals surface area contributed by atoms with Crippen molar-refractivity contribution in [2.45, 2.75) is 33.1 Å². The molecule has 1 heterocycles. The van der Waals surface area contributed by atoms with Gasteiger partial charge in [0.15, 0.2) is 0 Å². The molecule has 5 nitrogen and oxygen atoms in total. The van der Waals surface area contributed by atoms with Gasteiger partial charge in [0.2, 0.25) is 5.91 Å². The topological polar surface area (TPSA) is 58.6 Å². The van der Waals surface area contributed by atoms with Crippen molar-refractivity contribution in [3.63, 3.8) is 0 Å². The number of benzene rings is 1. The Kier molecular flexibility index (Phi) is 8.04. The van der Waals surface area contributed by atoms with Gasteiger partial charge in [0.05, 0.1) is 0 Å². The van der Waals surface area contributed by atoms with E-state index in [0.717, 1.165) is 13.0 Å². The molecular formula is C20H29FN2O3. The molecule has 1 aliphatic heterocycles. The molecule has 6 heteroatoms. The van der Waals surface area contributed by atoms with Gasteiger partial charge < -0.3 is 15.0 Å². The van der Waals surface area contributed by atoms with Crippen LogP contribution in [0.4, 0.5) is 4.39 Å². The zero-order valence-corrected chi connectivity index (χ0v) is 15.7. The molecule has 1 aliphatic rings. The smallest absolute Gasteiger partial charge is 0.253 e. The normalized spacial score (nSPS) is 15.3. The van der Waals surface area contributed by atoms with Crippen molar-refractivity contribution < 1.29 is 18.7 Å². The van der Waals surface area contributed by atoms with E-state index in [1.807, 2.05) is 0 Å². The molecule has 1 N–H and O–H groups in total. The summed E-state index contributed by atoms with van der Waals surface area (Å²) in [6, 6.07) is 5.58. The fourth-order valence-electron chi connectivity index (χ4n) is 2.97. The number of ether oxygens (including phenoxy) is 1. The Morgan fingerprint density at radius 3 is 2.50 bits per heavy atom. The van der Waals surface area contributed by atoms with E-state index in [4.69, 9.17) is 4.74 Å². The second-order valence-electron chi connectivity index (χ2n) is 7.19. The number of carbonyl (C=O) groups is 2. The first-order chi connectivity index (χ1) is 12.5. The lowest BCUT2D eigenvalue weighted by Gasteiger charge is -2.31. The standard InChI is InChI=1S/C20H29FN2O3/c1-15(2)14-26-13-3-10-22-19(24)16-8-11-23(12-9-16)20(25)17-4-6-18(21)7-5-17/h4-7,15-16H,3,8-14H2,1-2H3,(H,22,24). The van der Waals surface area contributed by atoms with Crippen molar-refractivity contribution >= 4 is 11.8 Å². The monoisotopic (exact) mass is 364 g/mol. The lowest BCUT2D eigenvalue weighted by atomic mass is 9.95. The van der Waals surface area contributed by atoms with E-state index in [2.05, 4.69) is 19.2 Å². The van der Waals surface area contributed by atoms with E-state index in [1.165, 1.54) is 24.3 Å². The third kappa shape index (κ3) is 6.41. The molecule has 1 aromatic rings. The van der Waals surface area contributed by atoms with Crippen molar-refractivity contribution in [3.8, 4) is 0 Å². The van der Waals surface area contributed by atoms with Crippen LogP contribution in [0.3, 0.4) is 0 Å². The lowest BCUT2D eigenvalue weighted by Crippen LogP contribution is -2.43. The number of carbonyl (C=O) groups excluding carboxylic acids is 2. The highest BCUT2D eigenvalue weighted by Crippen LogP contribution is 2.19. The number of amides is 2. The number of piperidine rings is 1. The molecule has 144 valence electrons. The fourth-order valence-corrected chi connectivity index (χ4v) is 2.97. The Labute approximate surface area is 154 Å². The van der Waals surface area contributed by atoms with Crippen LogP contribution in [0, 0.1) is 17.7 Å². The number of hydrogen-bond acceptors (Lipinski definition) is 3. The van der Waals surface area contributed by atoms with Crippen LogP contribution in [0.25, 0.3) is 0 Å². The van der Waals surface area contributed by atoms with Crippen LogP contribution in [-0.2, 0) is 9.53 Å². The number of nitrogens with zero attached hydrogens (tertiary/aromatic N) is 1. The predicted molar refractivity (Wildman–Crippen MR) is 98.3 cm³/mol. The number of rotatable bonds is 8. The minimum absolute atomic E-state index is 0.0520. The second kappa shape index (κ2) is 10.3. The van der Waals surface area contributed by atoms with Crippen molar-refractivity contribution in [1.29, 1.82) is 0 Å². The highest BCUT2D eigenvalue weighted by molar-refractivity contribution is 5.94. The van der Waals surface area contributed by atoms with Gasteiger partial charge in [0.1, 0.15) is 5.82 Å². The highest BCUT2D eigenvalue weighted by atomic mass is 19.1. The molecule has 2 amide bonds. The Balaban J connectivity index is 1.66. The van der Waals surface area contributed by atoms with Gasteiger partial charge in [-0.3, -0.25) is 9.59 Å². The number of halogens is 1. The maximum Gasteiger partial charge on any atom is 0.253 e. The summed E-state index contributed by atoms with van der Waals surface area (Å²) in [6.45, 7) is 7.32. The summed E-state index contributed by atoms with van der Waals surface area (Å²) in [5, 5.41) is 2.96. The first-order valence-corrected chi connectivity index (χ1v) is 9.37. The Morgan fingerprint density at radius 1 is 1.23 bits per heavy atom. The maximum atomic E-state index is 13.0. The first kappa shape index (κ1) is 20.4. The van der Waals surface area contributed by atoms with E-state index in [9.17, 15) is 14.0 Å². The van der Waals surface area contributed by atoms with Crippen LogP contribution in [0.1, 0.15) is 43.5 Å². The second-order valence-corrected chi connectivity index (χ2v) is 7.19. The molecule has 1 saturated heterocycles. The largest absolute Gasteiger partial charge is 0.381 e. The van der Waals surface area contributed by atoms with Gasteiger partial charge >= 0.3 is 0 Å². The van der Waals surface area contributed by atoms with E-state index < -0.39 is 0 Å². The minimum atomic E-state index is -0.355. The zero-order valence-electron chi connectivity index (χ0n) is 15.7. The molecule has 0 aromatic heterocycles. The average Bonchev–Trinajstić information content (AvgIpc) is 2.64. The quantitative estimate of drug-likeness (QED) is 0.722. The summed E-state index contributed by atoms with van der Waals surface area (Å²) in [7, 11) is 0. The summed E-state index contributed by atoms with van der Waals surface area (Å²) in [6.07, 6.45) is 2.12. The molecule has 0 atom stereocenters. The summed E-state index contributed by atoms with van der Waals surface area (Å²) in [5.41, 5.74) is 0.482. The van der Waals surface area contributed by atoms with Gasteiger partial charge in [-0.2, -0.15) is 0 Å². The minimum Gasteiger partial charge on any atom is -0.381 e. The maximum absolute atomic E-state index is 13.0. The highest BCUT2D eigenvalue weighted by Gasteiger charge is 2.27. The van der Waals surface area contributed by atoms with Crippen LogP contribution >= 0.6 is 0 Å². The van der Waals surface area contributed by atoms with Crippen LogP contribution in [0.5, 0.6) is 0 Å². The third-order valence-corrected chi connectivity index (χ3v) is 4.46. The van der Waals surface area contributed by atoms with E-state index in [-0.39, 0.29) is 23.5 Å². The van der Waals surface area contributed by atoms with Crippen molar-refractivity contribution in [2.24, 2.45) is 11.8 Å². The summed E-state index contributed by atoms with van der Waals surface area (Å²) < 4.78 is 18.5. The van der Waals surface area contributed by atoms with Crippen LogP contribution in [-0.4, -0.2) is 49.6 Å². The summed E-state index contributed by atoms with van der Waals surface area (Å²) in [5.74, 6) is 0.0664. The molecular weight excluding hydrogens is 335 g/mol. The van der Waals surface area contributed by atoms with Gasteiger partial charge in [-0.15, -0.1) is 0 Å². The molecule has 0 spiro atoms. The van der Waals surface area contributed by atoms with E-state index in [0.29, 0.717) is 50.6 Å². The molecule has 0 unspecified atom stereocenters. The van der Waals surface area contributed by atoms with Crippen molar-refractivity contribution in [3.05, 3.63) is 35.6 Å². The van der Waals surface area contributed by atoms with Gasteiger partial charge in [0.25, 0.3) is 5.91 Å². The van der Waals surface area contributed by atoms with Gasteiger partial charge in [-0.05, 0) is 49.4 Å². The van der Waals surface area contributed by atoms with Crippen LogP contribution < -0.4 is 5.32 Å². The van der Waals surface area contributed by atoms with Gasteiger partial charge in [-0.1, -0.05) is 13.8 Å². The van der Waals surface area contributed by atoms with E-state index >= 15 is 0 Å². The van der Waals surface area contributed by atoms with Crippen LogP contribution in [0.2, 0.25) is 0 Å². The number of nitrogens with one attached hydrogen (secondary N) is 1. The zero-order chi connectivity index (χ0) is 18.9. The lowest BCUT2D eigenvalue weighted by molar-refractivity contribution is -0.126. The molecule has 1 fully saturated rings. The van der Waals surface area contributed by atoms with Crippen LogP contribution in [0.15, 0.2) is 24.3 Å². The predicted octanol–water partition coefficient (Wildman–Crippen LogP) is 2.86. The summed E-state index contributed by atoms with van der Waals surface area (Å²) in [4.78, 5) is 26.4. The molecule has 0 radical (unpaired) electrons. The molecule has 2 rings (SSSR count). The molecule has 0 bridgehead atoms. The van der Waals surface area contributed by atoms with Gasteiger partial charge in [-0.25, -0.2) is 4.39 Å². The first-order valence-electron chi connectivity index (χ1n) is 9.37. The fraction of sp³-hybridized carbons (Fsp3) is 0.600. The molecule has 0 aliphatic carbocycles. The average molecular weight is 364 g/mol. The number of hydrogen-bond donors (Lipinski definition) is 1. The molecule has 26 heavy (non-hydrogen) atoms. The molecule has 0 saturated carbocycles. The Morgan fingerprint density at radius 2 is 1.88 bits per heavy atom. The molecule has 1 aromatic carbocycles. The third-order valence-electron chi connectivity index (χ3n) is 4.46. The SMILES string of the molecule is CC(C)COCCCNC(=O)C1CCN(C(=O)c2ccc(F)cc2)CC1. The Hall–Kier alpha value is -1.95. The Bertz CT molecular complexity index is 581. The number of likely N-dealkylation sites (tertiary alicyclic amines) is 1. The summed E-state index contributed by atoms with van der Waals surface area (Å²) >= 11 is 0. The van der Waals surface area contributed by atoms with Gasteiger partial charge in [0, 0.05) is 44.3 Å². The van der Waals surface area contributed by atoms with E-state index in [1.54, 1.807) is 4.90 Å².